The number of hydrogen-bond donors (Lipinski definition) is 1. The van der Waals surface area contributed by atoms with E-state index in [0.29, 0.717) is 10.6 Å². The van der Waals surface area contributed by atoms with E-state index < -0.39 is 0 Å². The molecular formula is C8H16N2S. The van der Waals surface area contributed by atoms with Crippen LogP contribution in [-0.2, 0) is 0 Å². The van der Waals surface area contributed by atoms with Gasteiger partial charge in [-0.25, -0.2) is 0 Å². The first-order valence-corrected chi connectivity index (χ1v) is 5.23. The lowest BCUT2D eigenvalue weighted by atomic mass is 9.84. The average Bonchev–Trinajstić information content (AvgIpc) is 1.86. The molecule has 0 aromatic heterocycles. The summed E-state index contributed by atoms with van der Waals surface area (Å²) in [6.45, 7) is 2.77. The third kappa shape index (κ3) is 2.12. The van der Waals surface area contributed by atoms with Gasteiger partial charge in [0.25, 0.3) is 0 Å². The second-order valence-corrected chi connectivity index (χ2v) is 4.47. The molecule has 64 valence electrons. The maximum absolute atomic E-state index is 5.47. The fourth-order valence-electron chi connectivity index (χ4n) is 1.27. The topological polar surface area (TPSA) is 38.4 Å². The lowest BCUT2D eigenvalue weighted by Gasteiger charge is -2.39. The van der Waals surface area contributed by atoms with Gasteiger partial charge < -0.3 is 5.73 Å². The molecule has 0 aliphatic heterocycles. The van der Waals surface area contributed by atoms with E-state index in [-0.39, 0.29) is 0 Å². The Hall–Kier alpha value is -0.180. The number of hydrogen-bond acceptors (Lipinski definition) is 2. The van der Waals surface area contributed by atoms with E-state index in [0.717, 1.165) is 6.54 Å². The van der Waals surface area contributed by atoms with Gasteiger partial charge in [0.2, 0.25) is 0 Å². The van der Waals surface area contributed by atoms with Crippen LogP contribution in [-0.4, -0.2) is 23.4 Å². The van der Waals surface area contributed by atoms with Crippen LogP contribution in [0.2, 0.25) is 0 Å². The Balaban J connectivity index is 2.39. The van der Waals surface area contributed by atoms with Crippen molar-refractivity contribution in [3.8, 4) is 0 Å². The number of nitrogens with two attached hydrogens (primary N) is 1. The van der Waals surface area contributed by atoms with Gasteiger partial charge in [-0.15, -0.1) is 0 Å². The second kappa shape index (κ2) is 3.48. The van der Waals surface area contributed by atoms with Gasteiger partial charge in [-0.1, -0.05) is 6.42 Å². The molecular weight excluding hydrogens is 156 g/mol. The molecule has 1 aliphatic rings. The molecule has 0 spiro atoms. The Morgan fingerprint density at radius 2 is 2.27 bits per heavy atom. The first kappa shape index (κ1) is 8.91. The van der Waals surface area contributed by atoms with Crippen molar-refractivity contribution in [1.82, 2.24) is 0 Å². The Bertz CT molecular complexity index is 152. The van der Waals surface area contributed by atoms with Gasteiger partial charge in [0.05, 0.1) is 12.4 Å². The van der Waals surface area contributed by atoms with Crippen LogP contribution >= 0.6 is 11.8 Å². The van der Waals surface area contributed by atoms with Crippen molar-refractivity contribution in [3.05, 3.63) is 0 Å². The van der Waals surface area contributed by atoms with Crippen molar-refractivity contribution in [2.75, 3.05) is 12.8 Å². The number of nitrogens with zero attached hydrogens (tertiary/aromatic N) is 1. The van der Waals surface area contributed by atoms with E-state index in [4.69, 9.17) is 5.73 Å². The van der Waals surface area contributed by atoms with E-state index >= 15 is 0 Å². The number of rotatable bonds is 3. The van der Waals surface area contributed by atoms with Crippen molar-refractivity contribution in [2.24, 2.45) is 10.7 Å². The second-order valence-electron chi connectivity index (χ2n) is 3.20. The van der Waals surface area contributed by atoms with Crippen molar-refractivity contribution >= 4 is 17.6 Å². The third-order valence-corrected chi connectivity index (χ3v) is 3.72. The minimum atomic E-state index is 0.445. The molecule has 3 heteroatoms. The molecule has 2 nitrogen and oxygen atoms in total. The predicted molar refractivity (Wildman–Crippen MR) is 52.3 cm³/mol. The van der Waals surface area contributed by atoms with Crippen LogP contribution in [0.1, 0.15) is 26.2 Å². The maximum atomic E-state index is 5.47. The fraction of sp³-hybridized carbons (Fsp3) is 0.875. The molecule has 0 aromatic rings. The molecule has 0 saturated heterocycles. The zero-order chi connectivity index (χ0) is 8.32. The van der Waals surface area contributed by atoms with Gasteiger partial charge in [-0.3, -0.25) is 4.99 Å². The van der Waals surface area contributed by atoms with Gasteiger partial charge in [0.15, 0.2) is 0 Å². The van der Waals surface area contributed by atoms with Crippen LogP contribution in [0.5, 0.6) is 0 Å². The molecule has 0 bridgehead atoms. The lowest BCUT2D eigenvalue weighted by Crippen LogP contribution is -2.36. The summed E-state index contributed by atoms with van der Waals surface area (Å²) >= 11 is 1.94. The summed E-state index contributed by atoms with van der Waals surface area (Å²) in [6.07, 6.45) is 6.15. The molecule has 1 aliphatic carbocycles. The smallest absolute Gasteiger partial charge is 0.0906 e. The zero-order valence-electron chi connectivity index (χ0n) is 7.26. The number of aliphatic imine (C=N–C) groups is 1. The molecule has 0 aromatic carbocycles. The van der Waals surface area contributed by atoms with E-state index in [1.165, 1.54) is 19.3 Å². The fourth-order valence-corrected chi connectivity index (χ4v) is 2.16. The molecule has 0 heterocycles. The Labute approximate surface area is 72.6 Å². The highest BCUT2D eigenvalue weighted by atomic mass is 32.2. The van der Waals surface area contributed by atoms with Crippen LogP contribution in [0.4, 0.5) is 0 Å². The highest BCUT2D eigenvalue weighted by Crippen LogP contribution is 2.42. The van der Waals surface area contributed by atoms with Crippen molar-refractivity contribution in [3.63, 3.8) is 0 Å². The van der Waals surface area contributed by atoms with Gasteiger partial charge >= 0.3 is 0 Å². The maximum Gasteiger partial charge on any atom is 0.0906 e. The zero-order valence-corrected chi connectivity index (χ0v) is 8.08. The molecule has 0 radical (unpaired) electrons. The Morgan fingerprint density at radius 3 is 2.55 bits per heavy atom. The summed E-state index contributed by atoms with van der Waals surface area (Å²) in [5.74, 6) is 0.713. The lowest BCUT2D eigenvalue weighted by molar-refractivity contribution is 0.372. The molecule has 0 amide bonds. The first-order chi connectivity index (χ1) is 5.18. The normalized spacial score (nSPS) is 22.9. The molecule has 1 rings (SSSR count). The quantitative estimate of drug-likeness (QED) is 0.519. The highest BCUT2D eigenvalue weighted by molar-refractivity contribution is 8.00. The minimum absolute atomic E-state index is 0.445. The van der Waals surface area contributed by atoms with Crippen molar-refractivity contribution < 1.29 is 0 Å². The van der Waals surface area contributed by atoms with Crippen LogP contribution < -0.4 is 5.73 Å². The highest BCUT2D eigenvalue weighted by Gasteiger charge is 2.35. The molecule has 1 fully saturated rings. The Morgan fingerprint density at radius 1 is 1.64 bits per heavy atom. The third-order valence-electron chi connectivity index (χ3n) is 2.31. The summed E-state index contributed by atoms with van der Waals surface area (Å²) in [6, 6.07) is 0. The van der Waals surface area contributed by atoms with Gasteiger partial charge in [-0.2, -0.15) is 11.8 Å². The van der Waals surface area contributed by atoms with E-state index in [2.05, 4.69) is 11.2 Å². The summed E-state index contributed by atoms with van der Waals surface area (Å²) < 4.78 is 0.445. The summed E-state index contributed by atoms with van der Waals surface area (Å²) in [4.78, 5) is 4.26. The van der Waals surface area contributed by atoms with Crippen LogP contribution in [0, 0.1) is 0 Å². The first-order valence-electron chi connectivity index (χ1n) is 4.00. The van der Waals surface area contributed by atoms with Crippen LogP contribution in [0.15, 0.2) is 4.99 Å². The molecule has 0 unspecified atom stereocenters. The van der Waals surface area contributed by atoms with Crippen LogP contribution in [0.3, 0.4) is 0 Å². The SMILES string of the molecule is CSC1(CN=C(C)N)CCC1. The molecule has 2 N–H and O–H groups in total. The summed E-state index contributed by atoms with van der Waals surface area (Å²) in [7, 11) is 0. The summed E-state index contributed by atoms with van der Waals surface area (Å²) in [5.41, 5.74) is 5.47. The van der Waals surface area contributed by atoms with E-state index in [1.54, 1.807) is 0 Å². The monoisotopic (exact) mass is 172 g/mol. The standard InChI is InChI=1S/C8H16N2S/c1-7(9)10-6-8(11-2)4-3-5-8/h3-6H2,1-2H3,(H2,9,10). The van der Waals surface area contributed by atoms with E-state index in [1.807, 2.05) is 18.7 Å². The average molecular weight is 172 g/mol. The van der Waals surface area contributed by atoms with Gasteiger partial charge in [0.1, 0.15) is 0 Å². The van der Waals surface area contributed by atoms with Crippen LogP contribution in [0.25, 0.3) is 0 Å². The minimum Gasteiger partial charge on any atom is -0.388 e. The van der Waals surface area contributed by atoms with Gasteiger partial charge in [0, 0.05) is 4.75 Å². The van der Waals surface area contributed by atoms with Crippen molar-refractivity contribution in [1.29, 1.82) is 0 Å². The van der Waals surface area contributed by atoms with Gasteiger partial charge in [-0.05, 0) is 26.0 Å². The van der Waals surface area contributed by atoms with E-state index in [9.17, 15) is 0 Å². The molecule has 0 atom stereocenters. The van der Waals surface area contributed by atoms with Crippen molar-refractivity contribution in [2.45, 2.75) is 30.9 Å². The number of thioether (sulfide) groups is 1. The largest absolute Gasteiger partial charge is 0.388 e. The molecule has 11 heavy (non-hydrogen) atoms. The predicted octanol–water partition coefficient (Wildman–Crippen LogP) is 1.65. The Kier molecular flexibility index (Phi) is 2.82. The number of amidine groups is 1. The molecule has 1 saturated carbocycles. The summed E-state index contributed by atoms with van der Waals surface area (Å²) in [5, 5.41) is 0.